The normalized spacial score (nSPS) is 19.9. The highest BCUT2D eigenvalue weighted by Gasteiger charge is 2.51. The lowest BCUT2D eigenvalue weighted by Gasteiger charge is -2.31. The Hall–Kier alpha value is -3.26. The molecule has 1 atom stereocenters. The predicted molar refractivity (Wildman–Crippen MR) is 122 cm³/mol. The van der Waals surface area contributed by atoms with Crippen LogP contribution in [0.15, 0.2) is 36.4 Å². The van der Waals surface area contributed by atoms with Crippen LogP contribution in [0.2, 0.25) is 5.02 Å². The molecule has 174 valence electrons. The van der Waals surface area contributed by atoms with Gasteiger partial charge in [-0.15, -0.1) is 0 Å². The molecule has 0 saturated carbocycles. The Bertz CT molecular complexity index is 1100. The highest BCUT2D eigenvalue weighted by molar-refractivity contribution is 6.30. The monoisotopic (exact) mass is 471 g/mol. The molecule has 0 spiro atoms. The molecule has 0 radical (unpaired) electrons. The fraction of sp³-hybridized carbons (Fsp3) is 0.375. The van der Waals surface area contributed by atoms with Crippen molar-refractivity contribution in [3.05, 3.63) is 58.1 Å². The average Bonchev–Trinajstić information content (AvgIpc) is 3.08. The lowest BCUT2D eigenvalue weighted by molar-refractivity contribution is -0.139. The highest BCUT2D eigenvalue weighted by Crippen LogP contribution is 2.35. The minimum Gasteiger partial charge on any atom is -0.493 e. The van der Waals surface area contributed by atoms with Crippen LogP contribution >= 0.6 is 11.6 Å². The maximum Gasteiger partial charge on any atom is 0.325 e. The molecule has 33 heavy (non-hydrogen) atoms. The number of hydrogen-bond acceptors (Lipinski definition) is 5. The first-order valence-electron chi connectivity index (χ1n) is 10.7. The number of ether oxygens (including phenoxy) is 2. The van der Waals surface area contributed by atoms with E-state index in [4.69, 9.17) is 21.1 Å². The van der Waals surface area contributed by atoms with Gasteiger partial charge >= 0.3 is 6.03 Å². The Kier molecular flexibility index (Phi) is 6.21. The second kappa shape index (κ2) is 8.94. The zero-order valence-corrected chi connectivity index (χ0v) is 19.6. The summed E-state index contributed by atoms with van der Waals surface area (Å²) in [6, 6.07) is 10.0. The highest BCUT2D eigenvalue weighted by atomic mass is 35.5. The Morgan fingerprint density at radius 2 is 1.73 bits per heavy atom. The summed E-state index contributed by atoms with van der Waals surface area (Å²) >= 11 is 5.98. The largest absolute Gasteiger partial charge is 0.493 e. The van der Waals surface area contributed by atoms with Crippen molar-refractivity contribution in [1.29, 1.82) is 0 Å². The minimum atomic E-state index is -1.21. The molecule has 1 N–H and O–H groups in total. The Labute approximate surface area is 197 Å². The van der Waals surface area contributed by atoms with E-state index in [2.05, 4.69) is 5.32 Å². The van der Waals surface area contributed by atoms with Crippen LogP contribution < -0.4 is 14.8 Å². The van der Waals surface area contributed by atoms with Crippen molar-refractivity contribution < 1.29 is 23.9 Å². The summed E-state index contributed by atoms with van der Waals surface area (Å²) in [7, 11) is 3.15. The van der Waals surface area contributed by atoms with Crippen LogP contribution in [-0.2, 0) is 28.1 Å². The molecule has 2 aromatic carbocycles. The van der Waals surface area contributed by atoms with Gasteiger partial charge in [0.2, 0.25) is 5.91 Å². The van der Waals surface area contributed by atoms with Gasteiger partial charge in [0.25, 0.3) is 5.91 Å². The summed E-state index contributed by atoms with van der Waals surface area (Å²) in [4.78, 5) is 41.8. The maximum absolute atomic E-state index is 13.3. The topological polar surface area (TPSA) is 88.2 Å². The van der Waals surface area contributed by atoms with Crippen LogP contribution in [0, 0.1) is 0 Å². The molecule has 4 rings (SSSR count). The van der Waals surface area contributed by atoms with Gasteiger partial charge in [0, 0.05) is 18.1 Å². The van der Waals surface area contributed by atoms with Gasteiger partial charge in [0.1, 0.15) is 12.1 Å². The first-order valence-corrected chi connectivity index (χ1v) is 11.1. The smallest absolute Gasteiger partial charge is 0.325 e. The molecule has 0 bridgehead atoms. The Morgan fingerprint density at radius 1 is 1.09 bits per heavy atom. The lowest BCUT2D eigenvalue weighted by Crippen LogP contribution is -2.46. The van der Waals surface area contributed by atoms with E-state index < -0.39 is 17.5 Å². The summed E-state index contributed by atoms with van der Waals surface area (Å²) in [5.74, 6) is 0.514. The quantitative estimate of drug-likeness (QED) is 0.654. The van der Waals surface area contributed by atoms with Crippen molar-refractivity contribution in [2.24, 2.45) is 0 Å². The zero-order chi connectivity index (χ0) is 23.8. The molecule has 9 heteroatoms. The standard InChI is InChI=1S/C24H26ClN3O5/c1-4-24(17-5-7-18(25)8-6-17)22(30)28(23(31)26-24)14-21(29)27-10-9-15-11-19(32-2)20(33-3)12-16(15)13-27/h5-8,11-12H,4,9-10,13-14H2,1-3H3,(H,26,31). The number of urea groups is 1. The third-order valence-electron chi connectivity index (χ3n) is 6.41. The van der Waals surface area contributed by atoms with Gasteiger partial charge in [-0.05, 0) is 53.8 Å². The van der Waals surface area contributed by atoms with Crippen molar-refractivity contribution in [3.8, 4) is 11.5 Å². The first-order chi connectivity index (χ1) is 15.8. The Morgan fingerprint density at radius 3 is 2.33 bits per heavy atom. The third-order valence-corrected chi connectivity index (χ3v) is 6.66. The summed E-state index contributed by atoms with van der Waals surface area (Å²) in [5.41, 5.74) is 1.46. The molecule has 1 unspecified atom stereocenters. The third kappa shape index (κ3) is 3.99. The molecule has 2 aliphatic heterocycles. The van der Waals surface area contributed by atoms with E-state index >= 15 is 0 Å². The summed E-state index contributed by atoms with van der Waals surface area (Å²) < 4.78 is 10.7. The fourth-order valence-corrected chi connectivity index (χ4v) is 4.60. The zero-order valence-electron chi connectivity index (χ0n) is 18.8. The molecule has 8 nitrogen and oxygen atoms in total. The molecular formula is C24H26ClN3O5. The van der Waals surface area contributed by atoms with Gasteiger partial charge in [-0.1, -0.05) is 30.7 Å². The van der Waals surface area contributed by atoms with Crippen molar-refractivity contribution in [1.82, 2.24) is 15.1 Å². The minimum absolute atomic E-state index is 0.290. The number of amides is 4. The second-order valence-corrected chi connectivity index (χ2v) is 8.56. The van der Waals surface area contributed by atoms with E-state index in [1.807, 2.05) is 19.1 Å². The number of carbonyl (C=O) groups is 3. The van der Waals surface area contributed by atoms with E-state index in [0.717, 1.165) is 16.0 Å². The SMILES string of the molecule is CCC1(c2ccc(Cl)cc2)NC(=O)N(CC(=O)N2CCc3cc(OC)c(OC)cc3C2)C1=O. The lowest BCUT2D eigenvalue weighted by atomic mass is 9.87. The summed E-state index contributed by atoms with van der Waals surface area (Å²) in [6.07, 6.45) is 0.994. The van der Waals surface area contributed by atoms with Crippen LogP contribution in [0.5, 0.6) is 11.5 Å². The van der Waals surface area contributed by atoms with Crippen molar-refractivity contribution >= 4 is 29.4 Å². The maximum atomic E-state index is 13.3. The van der Waals surface area contributed by atoms with Crippen LogP contribution in [0.1, 0.15) is 30.0 Å². The number of halogens is 1. The molecule has 1 saturated heterocycles. The predicted octanol–water partition coefficient (Wildman–Crippen LogP) is 3.10. The molecule has 2 aliphatic rings. The molecule has 2 aromatic rings. The van der Waals surface area contributed by atoms with Gasteiger partial charge in [-0.3, -0.25) is 14.5 Å². The van der Waals surface area contributed by atoms with Crippen molar-refractivity contribution in [2.45, 2.75) is 31.8 Å². The molecule has 1 fully saturated rings. The second-order valence-electron chi connectivity index (χ2n) is 8.13. The molecular weight excluding hydrogens is 446 g/mol. The number of benzene rings is 2. The molecule has 0 aliphatic carbocycles. The number of nitrogens with one attached hydrogen (secondary N) is 1. The number of rotatable bonds is 6. The van der Waals surface area contributed by atoms with E-state index in [9.17, 15) is 14.4 Å². The number of imide groups is 1. The number of nitrogens with zero attached hydrogens (tertiary/aromatic N) is 2. The van der Waals surface area contributed by atoms with Gasteiger partial charge in [-0.25, -0.2) is 4.79 Å². The van der Waals surface area contributed by atoms with Gasteiger partial charge in [-0.2, -0.15) is 0 Å². The first kappa shape index (κ1) is 22.9. The molecule has 2 heterocycles. The average molecular weight is 472 g/mol. The molecule has 0 aromatic heterocycles. The van der Waals surface area contributed by atoms with Crippen LogP contribution in [0.4, 0.5) is 4.79 Å². The van der Waals surface area contributed by atoms with Crippen molar-refractivity contribution in [3.63, 3.8) is 0 Å². The van der Waals surface area contributed by atoms with Crippen LogP contribution in [0.3, 0.4) is 0 Å². The number of hydrogen-bond donors (Lipinski definition) is 1. The molecule has 4 amide bonds. The van der Waals surface area contributed by atoms with Crippen molar-refractivity contribution in [2.75, 3.05) is 27.3 Å². The van der Waals surface area contributed by atoms with E-state index in [0.29, 0.717) is 48.0 Å². The Balaban J connectivity index is 1.51. The number of carbonyl (C=O) groups excluding carboxylic acids is 3. The number of methoxy groups -OCH3 is 2. The summed E-state index contributed by atoms with van der Waals surface area (Å²) in [5, 5.41) is 3.33. The van der Waals surface area contributed by atoms with Gasteiger partial charge in [0.05, 0.1) is 14.2 Å². The van der Waals surface area contributed by atoms with Crippen LogP contribution in [-0.4, -0.2) is 55.0 Å². The van der Waals surface area contributed by atoms with E-state index in [1.165, 1.54) is 0 Å². The van der Waals surface area contributed by atoms with Gasteiger partial charge < -0.3 is 19.7 Å². The van der Waals surface area contributed by atoms with Gasteiger partial charge in [0.15, 0.2) is 11.5 Å². The van der Waals surface area contributed by atoms with E-state index in [1.54, 1.807) is 43.4 Å². The fourth-order valence-electron chi connectivity index (χ4n) is 4.47. The van der Waals surface area contributed by atoms with Crippen LogP contribution in [0.25, 0.3) is 0 Å². The summed E-state index contributed by atoms with van der Waals surface area (Å²) in [6.45, 7) is 2.36. The number of fused-ring (bicyclic) bond motifs is 1. The van der Waals surface area contributed by atoms with E-state index in [-0.39, 0.29) is 12.5 Å².